The number of furan rings is 1. The number of nitrogens with one attached hydrogen (secondary N) is 1. The fourth-order valence-corrected chi connectivity index (χ4v) is 3.50. The number of carbonyl (C=O) groups is 1. The van der Waals surface area contributed by atoms with Gasteiger partial charge in [-0.05, 0) is 24.3 Å². The van der Waals surface area contributed by atoms with Crippen molar-refractivity contribution in [2.24, 2.45) is 0 Å². The summed E-state index contributed by atoms with van der Waals surface area (Å²) >= 11 is 24.2. The maximum absolute atomic E-state index is 11.6. The number of hydrogen-bond acceptors (Lipinski definition) is 4. The number of rotatable bonds is 2. The van der Waals surface area contributed by atoms with E-state index in [1.807, 2.05) is 0 Å². The molecule has 1 amide bonds. The summed E-state index contributed by atoms with van der Waals surface area (Å²) in [7, 11) is 0. The van der Waals surface area contributed by atoms with E-state index in [1.165, 1.54) is 11.8 Å². The second-order valence-electron chi connectivity index (χ2n) is 4.30. The Hall–Kier alpha value is -0.980. The van der Waals surface area contributed by atoms with Gasteiger partial charge in [-0.2, -0.15) is 0 Å². The molecule has 1 saturated heterocycles. The van der Waals surface area contributed by atoms with E-state index in [2.05, 4.69) is 5.32 Å². The Kier molecular flexibility index (Phi) is 4.52. The molecule has 2 aromatic rings. The van der Waals surface area contributed by atoms with Gasteiger partial charge in [0, 0.05) is 11.6 Å². The number of amides is 1. The number of hydrogen-bond donors (Lipinski definition) is 1. The lowest BCUT2D eigenvalue weighted by Gasteiger charge is -2.03. The molecule has 1 aromatic heterocycles. The average Bonchev–Trinajstić information content (AvgIpc) is 3.02. The van der Waals surface area contributed by atoms with E-state index in [4.69, 9.17) is 51.4 Å². The third-order valence-corrected chi connectivity index (χ3v) is 5.02. The largest absolute Gasteiger partial charge is 0.457 e. The van der Waals surface area contributed by atoms with E-state index in [0.717, 1.165) is 0 Å². The monoisotopic (exact) mass is 389 g/mol. The Morgan fingerprint density at radius 1 is 1.14 bits per heavy atom. The van der Waals surface area contributed by atoms with Gasteiger partial charge >= 0.3 is 0 Å². The minimum absolute atomic E-state index is 0.236. The van der Waals surface area contributed by atoms with Crippen molar-refractivity contribution in [3.63, 3.8) is 0 Å². The SMILES string of the molecule is O=C1NC(=S)SC1=Cc1ccc(-c2cc(Cl)c(Cl)cc2Cl)o1. The van der Waals surface area contributed by atoms with Gasteiger partial charge in [-0.25, -0.2) is 0 Å². The zero-order valence-electron chi connectivity index (χ0n) is 10.7. The molecule has 2 heterocycles. The van der Waals surface area contributed by atoms with Crippen molar-refractivity contribution in [2.45, 2.75) is 0 Å². The van der Waals surface area contributed by atoms with E-state index in [9.17, 15) is 4.79 Å². The van der Waals surface area contributed by atoms with Crippen molar-refractivity contribution in [3.8, 4) is 11.3 Å². The van der Waals surface area contributed by atoms with Crippen LogP contribution < -0.4 is 5.32 Å². The molecular formula is C14H6Cl3NO2S2. The molecular weight excluding hydrogens is 385 g/mol. The third-order valence-electron chi connectivity index (χ3n) is 2.82. The summed E-state index contributed by atoms with van der Waals surface area (Å²) < 4.78 is 6.12. The summed E-state index contributed by atoms with van der Waals surface area (Å²) in [5, 5.41) is 3.72. The van der Waals surface area contributed by atoms with Gasteiger partial charge in [-0.1, -0.05) is 58.8 Å². The standard InChI is InChI=1S/C14H6Cl3NO2S2/c15-8-5-10(17)9(16)4-7(8)11-2-1-6(20-11)3-12-13(19)18-14(21)22-12/h1-5H,(H,18,19,21). The zero-order chi connectivity index (χ0) is 15.9. The van der Waals surface area contributed by atoms with Crippen LogP contribution in [0.3, 0.4) is 0 Å². The second-order valence-corrected chi connectivity index (χ2v) is 7.24. The highest BCUT2D eigenvalue weighted by molar-refractivity contribution is 8.26. The highest BCUT2D eigenvalue weighted by Crippen LogP contribution is 2.36. The van der Waals surface area contributed by atoms with E-state index in [1.54, 1.807) is 30.3 Å². The number of thioether (sulfide) groups is 1. The van der Waals surface area contributed by atoms with Gasteiger partial charge in [0.05, 0.1) is 20.0 Å². The van der Waals surface area contributed by atoms with Gasteiger partial charge in [0.15, 0.2) is 0 Å². The number of carbonyl (C=O) groups excluding carboxylic acids is 1. The summed E-state index contributed by atoms with van der Waals surface area (Å²) in [6, 6.07) is 6.67. The molecule has 0 spiro atoms. The molecule has 8 heteroatoms. The third kappa shape index (κ3) is 3.19. The Labute approximate surface area is 150 Å². The fourth-order valence-electron chi connectivity index (χ4n) is 1.84. The van der Waals surface area contributed by atoms with Gasteiger partial charge in [-0.15, -0.1) is 0 Å². The second kappa shape index (κ2) is 6.26. The van der Waals surface area contributed by atoms with Crippen molar-refractivity contribution >= 4 is 75.1 Å². The molecule has 0 aliphatic carbocycles. The summed E-state index contributed by atoms with van der Waals surface area (Å²) in [6.07, 6.45) is 1.62. The first-order valence-electron chi connectivity index (χ1n) is 5.93. The molecule has 0 radical (unpaired) electrons. The van der Waals surface area contributed by atoms with Crippen LogP contribution in [-0.4, -0.2) is 10.2 Å². The molecule has 1 aliphatic rings. The Morgan fingerprint density at radius 3 is 2.55 bits per heavy atom. The number of halogens is 3. The van der Waals surface area contributed by atoms with E-state index in [0.29, 0.717) is 41.4 Å². The van der Waals surface area contributed by atoms with Crippen LogP contribution in [0, 0.1) is 0 Å². The molecule has 1 aromatic carbocycles. The zero-order valence-corrected chi connectivity index (χ0v) is 14.6. The van der Waals surface area contributed by atoms with Crippen LogP contribution in [0.5, 0.6) is 0 Å². The molecule has 1 fully saturated rings. The Bertz CT molecular complexity index is 829. The first kappa shape index (κ1) is 15.9. The van der Waals surface area contributed by atoms with Gasteiger partial charge in [0.2, 0.25) is 0 Å². The van der Waals surface area contributed by atoms with Crippen molar-refractivity contribution in [2.75, 3.05) is 0 Å². The Morgan fingerprint density at radius 2 is 1.86 bits per heavy atom. The van der Waals surface area contributed by atoms with Crippen molar-refractivity contribution in [1.82, 2.24) is 5.32 Å². The smallest absolute Gasteiger partial charge is 0.263 e. The first-order valence-corrected chi connectivity index (χ1v) is 8.29. The maximum atomic E-state index is 11.6. The average molecular weight is 391 g/mol. The maximum Gasteiger partial charge on any atom is 0.263 e. The van der Waals surface area contributed by atoms with Gasteiger partial charge < -0.3 is 9.73 Å². The van der Waals surface area contributed by atoms with E-state index >= 15 is 0 Å². The molecule has 22 heavy (non-hydrogen) atoms. The molecule has 112 valence electrons. The quantitative estimate of drug-likeness (QED) is 0.424. The molecule has 1 aliphatic heterocycles. The van der Waals surface area contributed by atoms with Crippen LogP contribution in [0.4, 0.5) is 0 Å². The summed E-state index contributed by atoms with van der Waals surface area (Å²) in [6.45, 7) is 0. The highest BCUT2D eigenvalue weighted by Gasteiger charge is 2.22. The minimum Gasteiger partial charge on any atom is -0.457 e. The van der Waals surface area contributed by atoms with E-state index < -0.39 is 0 Å². The first-order chi connectivity index (χ1) is 10.4. The molecule has 3 rings (SSSR count). The molecule has 0 saturated carbocycles. The van der Waals surface area contributed by atoms with E-state index in [-0.39, 0.29) is 5.91 Å². The predicted molar refractivity (Wildman–Crippen MR) is 95.5 cm³/mol. The lowest BCUT2D eigenvalue weighted by atomic mass is 10.2. The number of benzene rings is 1. The summed E-state index contributed by atoms with van der Waals surface area (Å²) in [5.74, 6) is 0.807. The van der Waals surface area contributed by atoms with Gasteiger partial charge in [-0.3, -0.25) is 4.79 Å². The van der Waals surface area contributed by atoms with Crippen molar-refractivity contribution in [1.29, 1.82) is 0 Å². The number of thiocarbonyl (C=S) groups is 1. The van der Waals surface area contributed by atoms with Crippen LogP contribution in [0.1, 0.15) is 5.76 Å². The fraction of sp³-hybridized carbons (Fsp3) is 0. The summed E-state index contributed by atoms with van der Waals surface area (Å²) in [5.41, 5.74) is 0.625. The van der Waals surface area contributed by atoms with Crippen LogP contribution in [0.2, 0.25) is 15.1 Å². The Balaban J connectivity index is 1.95. The van der Waals surface area contributed by atoms with Crippen LogP contribution in [-0.2, 0) is 4.79 Å². The lowest BCUT2D eigenvalue weighted by molar-refractivity contribution is -0.115. The summed E-state index contributed by atoms with van der Waals surface area (Å²) in [4.78, 5) is 12.1. The highest BCUT2D eigenvalue weighted by atomic mass is 35.5. The van der Waals surface area contributed by atoms with Gasteiger partial charge in [0.1, 0.15) is 15.8 Å². The van der Waals surface area contributed by atoms with Crippen LogP contribution >= 0.6 is 58.8 Å². The lowest BCUT2D eigenvalue weighted by Crippen LogP contribution is -2.17. The molecule has 0 bridgehead atoms. The minimum atomic E-state index is -0.236. The van der Waals surface area contributed by atoms with Crippen molar-refractivity contribution < 1.29 is 9.21 Å². The molecule has 0 unspecified atom stereocenters. The van der Waals surface area contributed by atoms with Crippen molar-refractivity contribution in [3.05, 3.63) is 50.0 Å². The normalized spacial score (nSPS) is 16.4. The van der Waals surface area contributed by atoms with Gasteiger partial charge in [0.25, 0.3) is 5.91 Å². The topological polar surface area (TPSA) is 42.2 Å². The molecule has 1 N–H and O–H groups in total. The van der Waals surface area contributed by atoms with Crippen LogP contribution in [0.15, 0.2) is 33.6 Å². The molecule has 0 atom stereocenters. The predicted octanol–water partition coefficient (Wildman–Crippen LogP) is 5.40. The van der Waals surface area contributed by atoms with Crippen LogP contribution in [0.25, 0.3) is 17.4 Å². The molecule has 3 nitrogen and oxygen atoms in total.